The lowest BCUT2D eigenvalue weighted by Crippen LogP contribution is -2.05. The van der Waals surface area contributed by atoms with Gasteiger partial charge in [-0.15, -0.1) is 0 Å². The van der Waals surface area contributed by atoms with Crippen molar-refractivity contribution in [2.24, 2.45) is 0 Å². The molecule has 100 valence electrons. The molecule has 1 nitrogen and oxygen atoms in total. The summed E-state index contributed by atoms with van der Waals surface area (Å²) in [6, 6.07) is 8.48. The van der Waals surface area contributed by atoms with Gasteiger partial charge in [-0.2, -0.15) is 0 Å². The smallest absolute Gasteiger partial charge is 0.137 e. The second kappa shape index (κ2) is 5.99. The zero-order chi connectivity index (χ0) is 14.0. The summed E-state index contributed by atoms with van der Waals surface area (Å²) in [6.45, 7) is 0. The fraction of sp³-hybridized carbons (Fsp3) is 0.143. The average molecular weight is 348 g/mol. The highest BCUT2D eigenvalue weighted by Gasteiger charge is 2.16. The van der Waals surface area contributed by atoms with E-state index in [-0.39, 0.29) is 16.5 Å². The summed E-state index contributed by atoms with van der Waals surface area (Å²) in [5, 5.41) is 10.5. The fourth-order valence-electron chi connectivity index (χ4n) is 1.80. The molecule has 0 saturated carbocycles. The number of hydrogen-bond acceptors (Lipinski definition) is 1. The van der Waals surface area contributed by atoms with Crippen LogP contribution in [0.5, 0.6) is 0 Å². The predicted octanol–water partition coefficient (Wildman–Crippen LogP) is 4.66. The van der Waals surface area contributed by atoms with E-state index in [0.717, 1.165) is 0 Å². The Hall–Kier alpha value is -0.970. The van der Waals surface area contributed by atoms with Gasteiger partial charge in [-0.1, -0.05) is 23.7 Å². The first-order valence-corrected chi connectivity index (χ1v) is 6.72. The highest BCUT2D eigenvalue weighted by molar-refractivity contribution is 9.10. The molecule has 0 fully saturated rings. The molecule has 1 N–H and O–H groups in total. The Bertz CT molecular complexity index is 604. The van der Waals surface area contributed by atoms with Crippen LogP contribution in [-0.2, 0) is 6.42 Å². The molecule has 1 atom stereocenters. The van der Waals surface area contributed by atoms with Crippen LogP contribution < -0.4 is 0 Å². The Morgan fingerprint density at radius 1 is 1.16 bits per heavy atom. The van der Waals surface area contributed by atoms with E-state index in [1.54, 1.807) is 6.07 Å². The molecular formula is C14H10BrClF2O. The van der Waals surface area contributed by atoms with Crippen molar-refractivity contribution >= 4 is 27.5 Å². The summed E-state index contributed by atoms with van der Waals surface area (Å²) in [5.41, 5.74) is 0.663. The Morgan fingerprint density at radius 2 is 1.89 bits per heavy atom. The maximum atomic E-state index is 13.6. The van der Waals surface area contributed by atoms with E-state index in [9.17, 15) is 13.9 Å². The van der Waals surface area contributed by atoms with Gasteiger partial charge in [0.15, 0.2) is 0 Å². The lowest BCUT2D eigenvalue weighted by molar-refractivity contribution is 0.176. The number of halogens is 4. The van der Waals surface area contributed by atoms with Crippen LogP contribution in [0.4, 0.5) is 8.78 Å². The molecule has 2 rings (SSSR count). The Labute approximate surface area is 123 Å². The first kappa shape index (κ1) is 14.4. The van der Waals surface area contributed by atoms with Gasteiger partial charge in [0.25, 0.3) is 0 Å². The van der Waals surface area contributed by atoms with Crippen LogP contribution in [-0.4, -0.2) is 5.11 Å². The van der Waals surface area contributed by atoms with Crippen molar-refractivity contribution in [2.45, 2.75) is 12.5 Å². The van der Waals surface area contributed by atoms with Crippen molar-refractivity contribution in [1.82, 2.24) is 0 Å². The minimum atomic E-state index is -1.02. The molecule has 0 heterocycles. The second-order valence-electron chi connectivity index (χ2n) is 4.10. The van der Waals surface area contributed by atoms with Crippen molar-refractivity contribution in [3.8, 4) is 0 Å². The lowest BCUT2D eigenvalue weighted by Gasteiger charge is -2.14. The maximum absolute atomic E-state index is 13.6. The number of benzene rings is 2. The standard InChI is InChI=1S/C14H10BrClF2O/c15-14-10(2-1-3-12(14)18)13(19)7-8-6-9(16)4-5-11(8)17/h1-6,13,19H,7H2. The van der Waals surface area contributed by atoms with Crippen LogP contribution in [0.25, 0.3) is 0 Å². The van der Waals surface area contributed by atoms with E-state index in [1.165, 1.54) is 30.3 Å². The molecule has 0 aliphatic rings. The van der Waals surface area contributed by atoms with Crippen LogP contribution in [0.1, 0.15) is 17.2 Å². The summed E-state index contributed by atoms with van der Waals surface area (Å²) >= 11 is 8.86. The van der Waals surface area contributed by atoms with Crippen molar-refractivity contribution in [1.29, 1.82) is 0 Å². The summed E-state index contributed by atoms with van der Waals surface area (Å²) in [6.07, 6.45) is -0.993. The van der Waals surface area contributed by atoms with Gasteiger partial charge in [0, 0.05) is 11.4 Å². The lowest BCUT2D eigenvalue weighted by atomic mass is 10.0. The summed E-state index contributed by atoms with van der Waals surface area (Å²) in [5.74, 6) is -0.918. The van der Waals surface area contributed by atoms with Crippen molar-refractivity contribution in [3.05, 3.63) is 68.7 Å². The van der Waals surface area contributed by atoms with Crippen molar-refractivity contribution in [3.63, 3.8) is 0 Å². The van der Waals surface area contributed by atoms with Gasteiger partial charge in [0.05, 0.1) is 10.6 Å². The topological polar surface area (TPSA) is 20.2 Å². The third kappa shape index (κ3) is 3.32. The van der Waals surface area contributed by atoms with Crippen LogP contribution in [0.3, 0.4) is 0 Å². The summed E-state index contributed by atoms with van der Waals surface area (Å²) in [4.78, 5) is 0. The molecule has 0 aliphatic heterocycles. The largest absolute Gasteiger partial charge is 0.388 e. The van der Waals surface area contributed by atoms with Crippen LogP contribution >= 0.6 is 27.5 Å². The first-order chi connectivity index (χ1) is 8.99. The second-order valence-corrected chi connectivity index (χ2v) is 5.33. The number of aliphatic hydroxyl groups excluding tert-OH is 1. The normalized spacial score (nSPS) is 12.5. The molecule has 0 amide bonds. The molecular weight excluding hydrogens is 338 g/mol. The Morgan fingerprint density at radius 3 is 2.63 bits per heavy atom. The summed E-state index contributed by atoms with van der Waals surface area (Å²) < 4.78 is 27.1. The maximum Gasteiger partial charge on any atom is 0.137 e. The van der Waals surface area contributed by atoms with E-state index >= 15 is 0 Å². The summed E-state index contributed by atoms with van der Waals surface area (Å²) in [7, 11) is 0. The first-order valence-electron chi connectivity index (χ1n) is 5.55. The van der Waals surface area contributed by atoms with E-state index < -0.39 is 17.7 Å². The third-order valence-corrected chi connectivity index (χ3v) is 3.83. The molecule has 0 saturated heterocycles. The minimum Gasteiger partial charge on any atom is -0.388 e. The molecule has 2 aromatic carbocycles. The molecule has 0 bridgehead atoms. The van der Waals surface area contributed by atoms with Gasteiger partial charge >= 0.3 is 0 Å². The van der Waals surface area contributed by atoms with E-state index in [4.69, 9.17) is 11.6 Å². The van der Waals surface area contributed by atoms with Crippen LogP contribution in [0, 0.1) is 11.6 Å². The molecule has 1 unspecified atom stereocenters. The number of hydrogen-bond donors (Lipinski definition) is 1. The number of aliphatic hydroxyl groups is 1. The quantitative estimate of drug-likeness (QED) is 0.856. The Balaban J connectivity index is 2.28. The fourth-order valence-corrected chi connectivity index (χ4v) is 2.52. The molecule has 5 heteroatoms. The van der Waals surface area contributed by atoms with E-state index in [0.29, 0.717) is 10.6 Å². The van der Waals surface area contributed by atoms with Gasteiger partial charge in [-0.3, -0.25) is 0 Å². The number of rotatable bonds is 3. The zero-order valence-electron chi connectivity index (χ0n) is 9.71. The van der Waals surface area contributed by atoms with Gasteiger partial charge in [-0.25, -0.2) is 8.78 Å². The van der Waals surface area contributed by atoms with Crippen LogP contribution in [0.15, 0.2) is 40.9 Å². The molecule has 0 aromatic heterocycles. The van der Waals surface area contributed by atoms with Gasteiger partial charge in [0.2, 0.25) is 0 Å². The average Bonchev–Trinajstić information content (AvgIpc) is 2.37. The highest BCUT2D eigenvalue weighted by Crippen LogP contribution is 2.29. The molecule has 0 aliphatic carbocycles. The van der Waals surface area contributed by atoms with E-state index in [1.807, 2.05) is 0 Å². The third-order valence-electron chi connectivity index (χ3n) is 2.76. The SMILES string of the molecule is OC(Cc1cc(Cl)ccc1F)c1cccc(F)c1Br. The molecule has 0 radical (unpaired) electrons. The molecule has 2 aromatic rings. The highest BCUT2D eigenvalue weighted by atomic mass is 79.9. The monoisotopic (exact) mass is 346 g/mol. The van der Waals surface area contributed by atoms with Gasteiger partial charge in [-0.05, 0) is 51.3 Å². The Kier molecular flexibility index (Phi) is 4.55. The van der Waals surface area contributed by atoms with Gasteiger partial charge in [0.1, 0.15) is 11.6 Å². The van der Waals surface area contributed by atoms with Crippen molar-refractivity contribution in [2.75, 3.05) is 0 Å². The van der Waals surface area contributed by atoms with Crippen molar-refractivity contribution < 1.29 is 13.9 Å². The van der Waals surface area contributed by atoms with E-state index in [2.05, 4.69) is 15.9 Å². The minimum absolute atomic E-state index is 0.0223. The predicted molar refractivity (Wildman–Crippen MR) is 74.2 cm³/mol. The van der Waals surface area contributed by atoms with Gasteiger partial charge < -0.3 is 5.11 Å². The van der Waals surface area contributed by atoms with Crippen LogP contribution in [0.2, 0.25) is 5.02 Å². The molecule has 0 spiro atoms. The molecule has 19 heavy (non-hydrogen) atoms. The zero-order valence-corrected chi connectivity index (χ0v) is 12.0.